The van der Waals surface area contributed by atoms with Gasteiger partial charge in [0, 0.05) is 24.9 Å². The van der Waals surface area contributed by atoms with E-state index in [-0.39, 0.29) is 18.0 Å². The van der Waals surface area contributed by atoms with Crippen molar-refractivity contribution in [1.29, 1.82) is 0 Å². The molecule has 2 heterocycles. The van der Waals surface area contributed by atoms with Gasteiger partial charge in [-0.25, -0.2) is 4.79 Å². The van der Waals surface area contributed by atoms with Crippen LogP contribution in [0, 0.1) is 5.92 Å². The Hall–Kier alpha value is -1.11. The molecule has 0 saturated carbocycles. The molecule has 0 unspecified atom stereocenters. The molecule has 0 aliphatic carbocycles. The Morgan fingerprint density at radius 1 is 1.45 bits per heavy atom. The van der Waals surface area contributed by atoms with Crippen molar-refractivity contribution in [1.82, 2.24) is 10.2 Å². The standard InChI is InChI=1S/C16H26N2O3S/c1-12(10-16(3)20-7-8-21-16)11-17-15(19)18(4)13(2)14-6-5-9-22-14/h5-6,9,12-13H,7-8,10-11H2,1-4H3,(H,17,19)/t12-,13-/m0/s1. The monoisotopic (exact) mass is 326 g/mol. The second-order valence-electron chi connectivity index (χ2n) is 6.13. The summed E-state index contributed by atoms with van der Waals surface area (Å²) in [6.45, 7) is 8.01. The number of hydrogen-bond acceptors (Lipinski definition) is 4. The number of carbonyl (C=O) groups excluding carboxylic acids is 1. The second kappa shape index (κ2) is 7.44. The molecule has 1 fully saturated rings. The van der Waals surface area contributed by atoms with Gasteiger partial charge in [0.25, 0.3) is 0 Å². The van der Waals surface area contributed by atoms with Crippen LogP contribution in [0.25, 0.3) is 0 Å². The molecule has 1 aromatic rings. The molecule has 1 N–H and O–H groups in total. The summed E-state index contributed by atoms with van der Waals surface area (Å²) in [6, 6.07) is 4.09. The first-order valence-corrected chi connectivity index (χ1v) is 8.61. The van der Waals surface area contributed by atoms with Gasteiger partial charge in [0.1, 0.15) is 0 Å². The zero-order valence-electron chi connectivity index (χ0n) is 13.8. The Morgan fingerprint density at radius 3 is 2.73 bits per heavy atom. The molecule has 1 aliphatic heterocycles. The van der Waals surface area contributed by atoms with E-state index in [1.54, 1.807) is 16.2 Å². The first-order valence-electron chi connectivity index (χ1n) is 7.73. The van der Waals surface area contributed by atoms with Crippen molar-refractivity contribution in [2.24, 2.45) is 5.92 Å². The molecule has 2 rings (SSSR count). The van der Waals surface area contributed by atoms with Crippen LogP contribution in [0.2, 0.25) is 0 Å². The van der Waals surface area contributed by atoms with Crippen LogP contribution < -0.4 is 5.32 Å². The minimum absolute atomic E-state index is 0.0499. The van der Waals surface area contributed by atoms with Gasteiger partial charge >= 0.3 is 6.03 Å². The third kappa shape index (κ3) is 4.44. The Kier molecular flexibility index (Phi) is 5.83. The highest BCUT2D eigenvalue weighted by atomic mass is 32.1. The Balaban J connectivity index is 1.76. The first kappa shape index (κ1) is 17.2. The van der Waals surface area contributed by atoms with Crippen LogP contribution in [0.15, 0.2) is 17.5 Å². The van der Waals surface area contributed by atoms with Crippen molar-refractivity contribution in [2.45, 2.75) is 39.0 Å². The van der Waals surface area contributed by atoms with Crippen LogP contribution in [0.5, 0.6) is 0 Å². The largest absolute Gasteiger partial charge is 0.348 e. The van der Waals surface area contributed by atoms with Gasteiger partial charge in [0.05, 0.1) is 19.3 Å². The third-order valence-electron chi connectivity index (χ3n) is 4.08. The Morgan fingerprint density at radius 2 is 2.14 bits per heavy atom. The highest BCUT2D eigenvalue weighted by Crippen LogP contribution is 2.26. The Bertz CT molecular complexity index is 472. The van der Waals surface area contributed by atoms with Crippen molar-refractivity contribution in [3.05, 3.63) is 22.4 Å². The van der Waals surface area contributed by atoms with Gasteiger partial charge in [-0.15, -0.1) is 11.3 Å². The second-order valence-corrected chi connectivity index (χ2v) is 7.11. The third-order valence-corrected chi connectivity index (χ3v) is 5.12. The maximum atomic E-state index is 12.3. The number of nitrogens with zero attached hydrogens (tertiary/aromatic N) is 1. The summed E-state index contributed by atoms with van der Waals surface area (Å²) in [7, 11) is 1.83. The summed E-state index contributed by atoms with van der Waals surface area (Å²) in [5.41, 5.74) is 0. The number of amides is 2. The van der Waals surface area contributed by atoms with Crippen LogP contribution >= 0.6 is 11.3 Å². The Labute approximate surface area is 136 Å². The highest BCUT2D eigenvalue weighted by molar-refractivity contribution is 7.10. The summed E-state index contributed by atoms with van der Waals surface area (Å²) in [5, 5.41) is 5.03. The van der Waals surface area contributed by atoms with Gasteiger partial charge in [-0.05, 0) is 31.2 Å². The topological polar surface area (TPSA) is 50.8 Å². The van der Waals surface area contributed by atoms with Crippen molar-refractivity contribution >= 4 is 17.4 Å². The molecule has 0 radical (unpaired) electrons. The van der Waals surface area contributed by atoms with Gasteiger partial charge in [0.2, 0.25) is 0 Å². The lowest BCUT2D eigenvalue weighted by atomic mass is 10.0. The first-order chi connectivity index (χ1) is 10.4. The van der Waals surface area contributed by atoms with E-state index >= 15 is 0 Å². The highest BCUT2D eigenvalue weighted by Gasteiger charge is 2.32. The molecule has 124 valence electrons. The molecule has 1 saturated heterocycles. The number of thiophene rings is 1. The minimum Gasteiger partial charge on any atom is -0.348 e. The van der Waals surface area contributed by atoms with Crippen molar-refractivity contribution in [3.63, 3.8) is 0 Å². The molecule has 0 spiro atoms. The molecular formula is C16H26N2O3S. The number of carbonyl (C=O) groups is 1. The van der Waals surface area contributed by atoms with Crippen LogP contribution in [0.1, 0.15) is 38.1 Å². The van der Waals surface area contributed by atoms with Crippen molar-refractivity contribution in [3.8, 4) is 0 Å². The van der Waals surface area contributed by atoms with Crippen LogP contribution in [0.3, 0.4) is 0 Å². The number of hydrogen-bond donors (Lipinski definition) is 1. The maximum absolute atomic E-state index is 12.3. The number of nitrogens with one attached hydrogen (secondary N) is 1. The van der Waals surface area contributed by atoms with E-state index in [9.17, 15) is 4.79 Å². The van der Waals surface area contributed by atoms with E-state index in [2.05, 4.69) is 18.3 Å². The van der Waals surface area contributed by atoms with Gasteiger partial charge in [-0.3, -0.25) is 0 Å². The number of ether oxygens (including phenoxy) is 2. The normalized spacial score (nSPS) is 19.6. The predicted molar refractivity (Wildman–Crippen MR) is 88.0 cm³/mol. The molecule has 22 heavy (non-hydrogen) atoms. The van der Waals surface area contributed by atoms with Gasteiger partial charge in [-0.1, -0.05) is 13.0 Å². The molecule has 5 nitrogen and oxygen atoms in total. The SMILES string of the molecule is C[C@H](CNC(=O)N(C)[C@@H](C)c1cccs1)CC1(C)OCCO1. The predicted octanol–water partition coefficient (Wildman–Crippen LogP) is 3.24. The molecule has 0 bridgehead atoms. The number of rotatable bonds is 6. The molecule has 2 amide bonds. The van der Waals surface area contributed by atoms with E-state index in [1.165, 1.54) is 4.88 Å². The lowest BCUT2D eigenvalue weighted by molar-refractivity contribution is -0.153. The van der Waals surface area contributed by atoms with Gasteiger partial charge in [-0.2, -0.15) is 0 Å². The summed E-state index contributed by atoms with van der Waals surface area (Å²) < 4.78 is 11.2. The van der Waals surface area contributed by atoms with Crippen molar-refractivity contribution < 1.29 is 14.3 Å². The van der Waals surface area contributed by atoms with E-state index < -0.39 is 5.79 Å². The zero-order chi connectivity index (χ0) is 16.2. The maximum Gasteiger partial charge on any atom is 0.317 e. The summed E-state index contributed by atoms with van der Waals surface area (Å²) >= 11 is 1.67. The molecule has 0 aromatic carbocycles. The molecule has 1 aromatic heterocycles. The smallest absolute Gasteiger partial charge is 0.317 e. The van der Waals surface area contributed by atoms with E-state index in [0.29, 0.717) is 19.8 Å². The van der Waals surface area contributed by atoms with Gasteiger partial charge < -0.3 is 19.7 Å². The summed E-state index contributed by atoms with van der Waals surface area (Å²) in [6.07, 6.45) is 0.775. The number of urea groups is 1. The molecule has 2 atom stereocenters. The van der Waals surface area contributed by atoms with Crippen LogP contribution in [-0.2, 0) is 9.47 Å². The van der Waals surface area contributed by atoms with Crippen molar-refractivity contribution in [2.75, 3.05) is 26.8 Å². The zero-order valence-corrected chi connectivity index (χ0v) is 14.6. The average molecular weight is 326 g/mol. The molecular weight excluding hydrogens is 300 g/mol. The quantitative estimate of drug-likeness (QED) is 0.873. The lowest BCUT2D eigenvalue weighted by Crippen LogP contribution is -2.41. The fraction of sp³-hybridized carbons (Fsp3) is 0.688. The minimum atomic E-state index is -0.500. The van der Waals surface area contributed by atoms with E-state index in [1.807, 2.05) is 32.3 Å². The van der Waals surface area contributed by atoms with E-state index in [0.717, 1.165) is 6.42 Å². The average Bonchev–Trinajstić information content (AvgIpc) is 3.14. The van der Waals surface area contributed by atoms with Gasteiger partial charge in [0.15, 0.2) is 5.79 Å². The molecule has 6 heteroatoms. The van der Waals surface area contributed by atoms with E-state index in [4.69, 9.17) is 9.47 Å². The van der Waals surface area contributed by atoms with Crippen LogP contribution in [-0.4, -0.2) is 43.5 Å². The molecule has 1 aliphatic rings. The fourth-order valence-electron chi connectivity index (χ4n) is 2.66. The van der Waals surface area contributed by atoms with Crippen LogP contribution in [0.4, 0.5) is 4.79 Å². The fourth-order valence-corrected chi connectivity index (χ4v) is 3.49. The summed E-state index contributed by atoms with van der Waals surface area (Å²) in [5.74, 6) is -0.210. The lowest BCUT2D eigenvalue weighted by Gasteiger charge is -2.28. The summed E-state index contributed by atoms with van der Waals surface area (Å²) in [4.78, 5) is 15.2.